The van der Waals surface area contributed by atoms with Crippen LogP contribution >= 0.6 is 0 Å². The van der Waals surface area contributed by atoms with Gasteiger partial charge in [0.05, 0.1) is 11.4 Å². The zero-order chi connectivity index (χ0) is 79.6. The van der Waals surface area contributed by atoms with Crippen LogP contribution in [0, 0.1) is 0 Å². The smallest absolute Gasteiger partial charge is 0.252 e. The predicted molar refractivity (Wildman–Crippen MR) is 515 cm³/mol. The van der Waals surface area contributed by atoms with E-state index in [0.717, 1.165) is 90.5 Å². The van der Waals surface area contributed by atoms with Gasteiger partial charge in [-0.3, -0.25) is 0 Å². The molecule has 121 heavy (non-hydrogen) atoms. The Labute approximate surface area is 703 Å². The first-order valence-electron chi connectivity index (χ1n) is 41.9. The van der Waals surface area contributed by atoms with E-state index in [1.54, 1.807) is 0 Å². The average Bonchev–Trinajstić information content (AvgIpc) is 0.695. The molecule has 0 unspecified atom stereocenters. The summed E-state index contributed by atoms with van der Waals surface area (Å²) in [4.78, 5) is 10.2. The first kappa shape index (κ1) is 69.5. The molecule has 0 atom stereocenters. The summed E-state index contributed by atoms with van der Waals surface area (Å²) in [6.07, 6.45) is 0. The topological polar surface area (TPSA) is 13.0 Å². The summed E-state index contributed by atoms with van der Waals surface area (Å²) >= 11 is 0. The molecule has 0 aliphatic carbocycles. The van der Waals surface area contributed by atoms with E-state index in [-0.39, 0.29) is 6.71 Å². The van der Waals surface area contributed by atoms with Crippen LogP contribution < -0.4 is 36.0 Å². The second kappa shape index (κ2) is 28.5. The van der Waals surface area contributed by atoms with E-state index in [1.807, 2.05) is 0 Å². The minimum Gasteiger partial charge on any atom is -0.311 e. The van der Waals surface area contributed by atoms with Gasteiger partial charge in [0.25, 0.3) is 6.71 Å². The van der Waals surface area contributed by atoms with Crippen molar-refractivity contribution in [3.05, 3.63) is 455 Å². The summed E-state index contributed by atoms with van der Waals surface area (Å²) in [5.74, 6) is 0. The molecule has 0 fully saturated rings. The maximum atomic E-state index is 2.61. The molecule has 0 radical (unpaired) electrons. The third kappa shape index (κ3) is 11.5. The number of fused-ring (bicyclic) bond motifs is 4. The zero-order valence-corrected chi connectivity index (χ0v) is 66.2. The quantitative estimate of drug-likeness (QED) is 0.0749. The summed E-state index contributed by atoms with van der Waals surface area (Å²) in [6.45, 7) is -0.272. The van der Waals surface area contributed by atoms with Gasteiger partial charge in [-0.1, -0.05) is 358 Å². The number of benzene rings is 22. The molecule has 22 aromatic rings. The molecule has 0 amide bonds. The van der Waals surface area contributed by atoms with Gasteiger partial charge in [0.2, 0.25) is 0 Å². The highest BCUT2D eigenvalue weighted by atomic mass is 15.2. The minimum atomic E-state index is -0.272. The lowest BCUT2D eigenvalue weighted by molar-refractivity contribution is 1.24. The number of para-hydroxylation sites is 2. The number of hydrogen-bond donors (Lipinski definition) is 0. The first-order chi connectivity index (χ1) is 60.0. The van der Waals surface area contributed by atoms with Gasteiger partial charge in [-0.05, 0) is 245 Å². The molecule has 5 heteroatoms. The SMILES string of the molecule is c1ccc(-c2cc3c4c(c2)N(c2ccc(-c5c(-c6ccccc6)cccc5-c5ccccc5)cc2)c2cc(N(c5ccccc5)c5ccc6ccc7cccc8ccc5c6c78)ccc2B4c2ccc(N(c4ccccc4)c4ccc5ccc6cccc7ccc4c5c67)cc2N3c2ccc(-c3c(-c4ccccc4)cccc3-c3ccccc3)cc2)cc1. The summed E-state index contributed by atoms with van der Waals surface area (Å²) < 4.78 is 0. The van der Waals surface area contributed by atoms with Crippen LogP contribution in [0.4, 0.5) is 68.2 Å². The normalized spacial score (nSPS) is 12.2. The highest BCUT2D eigenvalue weighted by Gasteiger charge is 2.45. The molecule has 24 rings (SSSR count). The molecule has 4 nitrogen and oxygen atoms in total. The van der Waals surface area contributed by atoms with Gasteiger partial charge in [-0.15, -0.1) is 0 Å². The lowest BCUT2D eigenvalue weighted by Gasteiger charge is -2.45. The number of nitrogens with zero attached hydrogens (tertiary/aromatic N) is 4. The molecule has 0 aromatic heterocycles. The Morgan fingerprint density at radius 3 is 0.851 bits per heavy atom. The van der Waals surface area contributed by atoms with Crippen molar-refractivity contribution in [2.75, 3.05) is 19.6 Å². The first-order valence-corrected chi connectivity index (χ1v) is 41.9. The second-order valence-electron chi connectivity index (χ2n) is 32.1. The number of anilines is 12. The van der Waals surface area contributed by atoms with E-state index < -0.39 is 0 Å². The molecule has 0 bridgehead atoms. The fourth-order valence-corrected chi connectivity index (χ4v) is 20.2. The Morgan fingerprint density at radius 2 is 0.496 bits per heavy atom. The molecule has 2 aliphatic rings. The zero-order valence-electron chi connectivity index (χ0n) is 66.2. The highest BCUT2D eigenvalue weighted by Crippen LogP contribution is 2.54. The fraction of sp³-hybridized carbons (Fsp3) is 0. The summed E-state index contributed by atoms with van der Waals surface area (Å²) in [7, 11) is 0. The van der Waals surface area contributed by atoms with Gasteiger partial charge < -0.3 is 19.6 Å². The number of rotatable bonds is 15. The van der Waals surface area contributed by atoms with Crippen molar-refractivity contribution in [1.82, 2.24) is 0 Å². The largest absolute Gasteiger partial charge is 0.311 e. The molecule has 2 heterocycles. The van der Waals surface area contributed by atoms with E-state index in [2.05, 4.69) is 475 Å². The Morgan fingerprint density at radius 1 is 0.190 bits per heavy atom. The van der Waals surface area contributed by atoms with Crippen LogP contribution in [-0.4, -0.2) is 6.71 Å². The van der Waals surface area contributed by atoms with Gasteiger partial charge in [0.1, 0.15) is 0 Å². The molecular formula is C116H75BN4. The van der Waals surface area contributed by atoms with E-state index in [9.17, 15) is 0 Å². The maximum absolute atomic E-state index is 2.61. The van der Waals surface area contributed by atoms with Crippen LogP contribution in [0.2, 0.25) is 0 Å². The molecule has 0 saturated heterocycles. The van der Waals surface area contributed by atoms with E-state index >= 15 is 0 Å². The lowest BCUT2D eigenvalue weighted by Crippen LogP contribution is -2.61. The molecule has 22 aromatic carbocycles. The van der Waals surface area contributed by atoms with Crippen molar-refractivity contribution in [2.45, 2.75) is 0 Å². The monoisotopic (exact) mass is 1530 g/mol. The standard InChI is InChI=1S/C116H75BN4/c1-8-26-76(27-9-1)89-72-108-116-109(73-89)121(93-62-54-86(55-63-93)113-98(79-32-14-4-15-33-79)46-25-47-99(113)80-34-16-5-17-35-80)107-75-95(119(91-42-20-7-21-43-91)105-71-59-88-51-49-82-37-23-39-84-57-67-101(105)115(88)111(82)84)65-69-103(107)117(116)102-68-64-94(118(90-40-18-6-19-41-90)104-70-58-87-50-48-81-36-22-38-83-56-66-100(104)114(87)110(81)83)74-106(102)120(108)92-60-52-85(53-61-92)112-96(77-28-10-2-11-29-77)44-24-45-97(112)78-30-12-3-13-31-78/h1-75H. The Kier molecular flexibility index (Phi) is 16.4. The number of hydrogen-bond acceptors (Lipinski definition) is 4. The van der Waals surface area contributed by atoms with Crippen molar-refractivity contribution in [1.29, 1.82) is 0 Å². The Hall–Kier alpha value is -15.8. The van der Waals surface area contributed by atoms with Gasteiger partial charge in [-0.25, -0.2) is 0 Å². The Bertz CT molecular complexity index is 7150. The van der Waals surface area contributed by atoms with Gasteiger partial charge >= 0.3 is 0 Å². The molecule has 562 valence electrons. The van der Waals surface area contributed by atoms with E-state index in [4.69, 9.17) is 0 Å². The Balaban J connectivity index is 0.779. The van der Waals surface area contributed by atoms with Crippen molar-refractivity contribution in [3.8, 4) is 77.9 Å². The van der Waals surface area contributed by atoms with Crippen LogP contribution in [0.3, 0.4) is 0 Å². The minimum absolute atomic E-state index is 0.272. The highest BCUT2D eigenvalue weighted by molar-refractivity contribution is 7.00. The van der Waals surface area contributed by atoms with Crippen LogP contribution in [0.15, 0.2) is 455 Å². The molecule has 0 spiro atoms. The van der Waals surface area contributed by atoms with Crippen molar-refractivity contribution in [2.24, 2.45) is 0 Å². The second-order valence-corrected chi connectivity index (χ2v) is 32.1. The fourth-order valence-electron chi connectivity index (χ4n) is 20.2. The third-order valence-electron chi connectivity index (χ3n) is 25.5. The maximum Gasteiger partial charge on any atom is 0.252 e. The van der Waals surface area contributed by atoms with E-state index in [1.165, 1.54) is 137 Å². The van der Waals surface area contributed by atoms with Crippen LogP contribution in [0.25, 0.3) is 143 Å². The molecule has 0 N–H and O–H groups in total. The van der Waals surface area contributed by atoms with Crippen molar-refractivity contribution < 1.29 is 0 Å². The van der Waals surface area contributed by atoms with Crippen molar-refractivity contribution >= 4 is 156 Å². The molecule has 2 aliphatic heterocycles. The predicted octanol–water partition coefficient (Wildman–Crippen LogP) is 30.2. The van der Waals surface area contributed by atoms with Crippen molar-refractivity contribution in [3.63, 3.8) is 0 Å². The van der Waals surface area contributed by atoms with Gasteiger partial charge in [0, 0.05) is 67.6 Å². The third-order valence-corrected chi connectivity index (χ3v) is 25.5. The molecule has 0 saturated carbocycles. The lowest BCUT2D eigenvalue weighted by atomic mass is 9.33. The summed E-state index contributed by atoms with van der Waals surface area (Å²) in [5.41, 5.74) is 32.7. The summed E-state index contributed by atoms with van der Waals surface area (Å²) in [6, 6.07) is 170. The van der Waals surface area contributed by atoms with Gasteiger partial charge in [-0.2, -0.15) is 0 Å². The van der Waals surface area contributed by atoms with Crippen LogP contribution in [-0.2, 0) is 0 Å². The molecular weight excluding hydrogens is 1460 g/mol. The van der Waals surface area contributed by atoms with Gasteiger partial charge in [0.15, 0.2) is 0 Å². The van der Waals surface area contributed by atoms with E-state index in [0.29, 0.717) is 0 Å². The van der Waals surface area contributed by atoms with Crippen LogP contribution in [0.1, 0.15) is 0 Å². The summed E-state index contributed by atoms with van der Waals surface area (Å²) in [5, 5.41) is 14.9. The van der Waals surface area contributed by atoms with Crippen LogP contribution in [0.5, 0.6) is 0 Å². The average molecular weight is 1540 g/mol.